The average molecular weight is 365 g/mol. The minimum Gasteiger partial charge on any atom is -0.395 e. The molecule has 2 rings (SSSR count). The number of hydrogen-bond acceptors (Lipinski definition) is 2. The Morgan fingerprint density at radius 3 is 2.81 bits per heavy atom. The van der Waals surface area contributed by atoms with Gasteiger partial charge in [-0.15, -0.1) is 11.8 Å². The van der Waals surface area contributed by atoms with Crippen LogP contribution in [0.15, 0.2) is 51.8 Å². The fourth-order valence-corrected chi connectivity index (χ4v) is 3.14. The lowest BCUT2D eigenvalue weighted by molar-refractivity contribution is 0.305. The molecule has 1 N–H and O–H groups in total. The highest BCUT2D eigenvalue weighted by atomic mass is 79.9. The summed E-state index contributed by atoms with van der Waals surface area (Å²) >= 11 is 5.13. The van der Waals surface area contributed by atoms with Crippen molar-refractivity contribution in [1.29, 1.82) is 0 Å². The number of hydrogen-bond donors (Lipinski definition) is 1. The van der Waals surface area contributed by atoms with E-state index in [1.165, 1.54) is 6.07 Å². The number of rotatable bonds is 4. The Hall–Kier alpha value is -1.28. The minimum absolute atomic E-state index is 0.00690. The Labute approximate surface area is 136 Å². The number of aliphatic hydroxyl groups is 1. The molecule has 0 fully saturated rings. The van der Waals surface area contributed by atoms with Crippen LogP contribution in [0.25, 0.3) is 0 Å². The summed E-state index contributed by atoms with van der Waals surface area (Å²) in [6.07, 6.45) is 0.358. The topological polar surface area (TPSA) is 20.2 Å². The van der Waals surface area contributed by atoms with Crippen molar-refractivity contribution in [2.24, 2.45) is 0 Å². The van der Waals surface area contributed by atoms with E-state index < -0.39 is 0 Å². The van der Waals surface area contributed by atoms with Gasteiger partial charge in [-0.05, 0) is 35.9 Å². The van der Waals surface area contributed by atoms with E-state index in [1.54, 1.807) is 23.9 Å². The molecule has 0 radical (unpaired) electrons. The summed E-state index contributed by atoms with van der Waals surface area (Å²) in [4.78, 5) is 1.15. The highest BCUT2D eigenvalue weighted by Crippen LogP contribution is 2.26. The first-order valence-electron chi connectivity index (χ1n) is 6.45. The van der Waals surface area contributed by atoms with Crippen LogP contribution >= 0.6 is 27.7 Å². The molecule has 0 bridgehead atoms. The van der Waals surface area contributed by atoms with Crippen LogP contribution in [0.2, 0.25) is 0 Å². The molecule has 2 aromatic rings. The maximum Gasteiger partial charge on any atom is 0.138 e. The molecule has 1 nitrogen and oxygen atoms in total. The van der Waals surface area contributed by atoms with Crippen LogP contribution in [0, 0.1) is 17.7 Å². The molecule has 21 heavy (non-hydrogen) atoms. The summed E-state index contributed by atoms with van der Waals surface area (Å²) in [6, 6.07) is 13.1. The predicted molar refractivity (Wildman–Crippen MR) is 88.7 cm³/mol. The van der Waals surface area contributed by atoms with E-state index in [9.17, 15) is 4.39 Å². The molecular formula is C17H14BrFOS. The van der Waals surface area contributed by atoms with Crippen LogP contribution in [-0.2, 0) is 5.75 Å². The standard InChI is InChI=1S/C17H14BrFOS/c18-15-5-3-6-16(11-15)21-12-13-7-8-17(19)14(10-13)4-1-2-9-20/h3,5-8,10-11,20H,2,9,12H2. The molecule has 4 heteroatoms. The van der Waals surface area contributed by atoms with Crippen molar-refractivity contribution in [2.75, 3.05) is 6.61 Å². The predicted octanol–water partition coefficient (Wildman–Crippen LogP) is 4.61. The molecule has 0 aliphatic heterocycles. The Kier molecular flexibility index (Phi) is 6.31. The molecule has 108 valence electrons. The molecule has 0 aliphatic carbocycles. The summed E-state index contributed by atoms with van der Waals surface area (Å²) in [5.41, 5.74) is 1.41. The van der Waals surface area contributed by atoms with Gasteiger partial charge in [0.05, 0.1) is 12.2 Å². The summed E-state index contributed by atoms with van der Waals surface area (Å²) in [5, 5.41) is 8.70. The van der Waals surface area contributed by atoms with Gasteiger partial charge in [-0.25, -0.2) is 4.39 Å². The number of aliphatic hydroxyl groups excluding tert-OH is 1. The maximum absolute atomic E-state index is 13.6. The monoisotopic (exact) mass is 364 g/mol. The average Bonchev–Trinajstić information content (AvgIpc) is 2.48. The first-order chi connectivity index (χ1) is 10.2. The van der Waals surface area contributed by atoms with E-state index in [2.05, 4.69) is 33.8 Å². The molecule has 0 amide bonds. The zero-order valence-corrected chi connectivity index (χ0v) is 13.7. The largest absolute Gasteiger partial charge is 0.395 e. The Morgan fingerprint density at radius 1 is 1.19 bits per heavy atom. The number of thioether (sulfide) groups is 1. The van der Waals surface area contributed by atoms with E-state index in [4.69, 9.17) is 5.11 Å². The highest BCUT2D eigenvalue weighted by Gasteiger charge is 2.02. The van der Waals surface area contributed by atoms with Crippen LogP contribution in [0.5, 0.6) is 0 Å². The molecule has 0 saturated heterocycles. The summed E-state index contributed by atoms with van der Waals surface area (Å²) in [5.74, 6) is 5.94. The third-order valence-corrected chi connectivity index (χ3v) is 4.25. The van der Waals surface area contributed by atoms with Crippen LogP contribution < -0.4 is 0 Å². The van der Waals surface area contributed by atoms with E-state index in [0.29, 0.717) is 12.0 Å². The van der Waals surface area contributed by atoms with Crippen LogP contribution in [0.4, 0.5) is 4.39 Å². The van der Waals surface area contributed by atoms with Gasteiger partial charge in [-0.2, -0.15) is 0 Å². The lowest BCUT2D eigenvalue weighted by atomic mass is 10.1. The first-order valence-corrected chi connectivity index (χ1v) is 8.23. The fourth-order valence-electron chi connectivity index (χ4n) is 1.70. The van der Waals surface area contributed by atoms with E-state index in [1.807, 2.05) is 18.2 Å². The smallest absolute Gasteiger partial charge is 0.138 e. The van der Waals surface area contributed by atoms with Gasteiger partial charge >= 0.3 is 0 Å². The van der Waals surface area contributed by atoms with E-state index in [-0.39, 0.29) is 12.4 Å². The lowest BCUT2D eigenvalue weighted by Gasteiger charge is -2.04. The second-order valence-corrected chi connectivity index (χ2v) is 6.30. The number of halogens is 2. The van der Waals surface area contributed by atoms with Crippen LogP contribution in [0.3, 0.4) is 0 Å². The normalized spacial score (nSPS) is 10.0. The van der Waals surface area contributed by atoms with Gasteiger partial charge in [0, 0.05) is 21.5 Å². The van der Waals surface area contributed by atoms with Crippen molar-refractivity contribution in [3.8, 4) is 11.8 Å². The van der Waals surface area contributed by atoms with Crippen molar-refractivity contribution >= 4 is 27.7 Å². The second kappa shape index (κ2) is 8.23. The molecule has 0 unspecified atom stereocenters. The van der Waals surface area contributed by atoms with Crippen molar-refractivity contribution in [3.05, 3.63) is 63.9 Å². The molecule has 0 heterocycles. The van der Waals surface area contributed by atoms with Gasteiger partial charge < -0.3 is 5.11 Å². The zero-order chi connectivity index (χ0) is 15.1. The van der Waals surface area contributed by atoms with Crippen molar-refractivity contribution in [2.45, 2.75) is 17.1 Å². The highest BCUT2D eigenvalue weighted by molar-refractivity contribution is 9.10. The van der Waals surface area contributed by atoms with Gasteiger partial charge in [0.15, 0.2) is 0 Å². The van der Waals surface area contributed by atoms with Gasteiger partial charge in [0.2, 0.25) is 0 Å². The third kappa shape index (κ3) is 5.20. The summed E-state index contributed by atoms with van der Waals surface area (Å²) in [6.45, 7) is -0.00690. The van der Waals surface area contributed by atoms with Crippen LogP contribution in [-0.4, -0.2) is 11.7 Å². The molecule has 0 aliphatic rings. The SMILES string of the molecule is OCCC#Cc1cc(CSc2cccc(Br)c2)ccc1F. The van der Waals surface area contributed by atoms with Crippen molar-refractivity contribution < 1.29 is 9.50 Å². The Morgan fingerprint density at radius 2 is 2.05 bits per heavy atom. The summed E-state index contributed by atoms with van der Waals surface area (Å²) in [7, 11) is 0. The third-order valence-electron chi connectivity index (χ3n) is 2.69. The molecule has 0 aromatic heterocycles. The molecule has 0 atom stereocenters. The zero-order valence-electron chi connectivity index (χ0n) is 11.3. The summed E-state index contributed by atoms with van der Waals surface area (Å²) < 4.78 is 14.7. The van der Waals surface area contributed by atoms with Gasteiger partial charge in [0.25, 0.3) is 0 Å². The van der Waals surface area contributed by atoms with Crippen molar-refractivity contribution in [1.82, 2.24) is 0 Å². The van der Waals surface area contributed by atoms with E-state index >= 15 is 0 Å². The van der Waals surface area contributed by atoms with Crippen LogP contribution in [0.1, 0.15) is 17.5 Å². The number of benzene rings is 2. The maximum atomic E-state index is 13.6. The fraction of sp³-hybridized carbons (Fsp3) is 0.176. The van der Waals surface area contributed by atoms with Gasteiger partial charge in [-0.3, -0.25) is 0 Å². The van der Waals surface area contributed by atoms with E-state index in [0.717, 1.165) is 20.7 Å². The molecule has 0 saturated carbocycles. The minimum atomic E-state index is -0.323. The Bertz CT molecular complexity index is 676. The van der Waals surface area contributed by atoms with Gasteiger partial charge in [-0.1, -0.05) is 39.9 Å². The first kappa shape index (κ1) is 16.1. The molecular weight excluding hydrogens is 351 g/mol. The quantitative estimate of drug-likeness (QED) is 0.631. The second-order valence-electron chi connectivity index (χ2n) is 4.34. The lowest BCUT2D eigenvalue weighted by Crippen LogP contribution is -1.88. The Balaban J connectivity index is 2.07. The van der Waals surface area contributed by atoms with Gasteiger partial charge in [0.1, 0.15) is 5.82 Å². The molecule has 0 spiro atoms. The van der Waals surface area contributed by atoms with Crippen molar-refractivity contribution in [3.63, 3.8) is 0 Å². The molecule has 2 aromatic carbocycles.